The number of nitrogens with one attached hydrogen (secondary N) is 1. The molecule has 0 radical (unpaired) electrons. The summed E-state index contributed by atoms with van der Waals surface area (Å²) in [5, 5.41) is 2.94. The van der Waals surface area contributed by atoms with Crippen molar-refractivity contribution in [1.82, 2.24) is 4.90 Å². The fourth-order valence-corrected chi connectivity index (χ4v) is 4.30. The van der Waals surface area contributed by atoms with E-state index in [0.717, 1.165) is 49.9 Å². The number of anilines is 2. The van der Waals surface area contributed by atoms with Crippen LogP contribution in [0.15, 0.2) is 48.5 Å². The van der Waals surface area contributed by atoms with Gasteiger partial charge in [0.2, 0.25) is 5.91 Å². The molecule has 0 aliphatic carbocycles. The summed E-state index contributed by atoms with van der Waals surface area (Å²) < 4.78 is 0. The van der Waals surface area contributed by atoms with Gasteiger partial charge in [-0.15, -0.1) is 0 Å². The highest BCUT2D eigenvalue weighted by molar-refractivity contribution is 6.04. The van der Waals surface area contributed by atoms with Crippen LogP contribution in [-0.2, 0) is 11.3 Å². The Morgan fingerprint density at radius 2 is 1.79 bits per heavy atom. The third-order valence-corrected chi connectivity index (χ3v) is 5.87. The minimum atomic E-state index is -0.117. The molecule has 2 aliphatic heterocycles. The number of carbonyl (C=O) groups excluding carboxylic acids is 2. The normalized spacial score (nSPS) is 20.1. The average Bonchev–Trinajstić information content (AvgIpc) is 3.15. The van der Waals surface area contributed by atoms with Crippen LogP contribution in [0.2, 0.25) is 0 Å². The van der Waals surface area contributed by atoms with E-state index in [1.807, 2.05) is 36.4 Å². The van der Waals surface area contributed by atoms with Crippen molar-refractivity contribution in [3.05, 3.63) is 59.7 Å². The quantitative estimate of drug-likeness (QED) is 0.827. The number of amides is 2. The minimum Gasteiger partial charge on any atom is -0.322 e. The maximum Gasteiger partial charge on any atom is 0.255 e. The molecule has 0 unspecified atom stereocenters. The zero-order valence-corrected chi connectivity index (χ0v) is 17.1. The molecule has 1 atom stereocenters. The van der Waals surface area contributed by atoms with E-state index >= 15 is 0 Å². The predicted molar refractivity (Wildman–Crippen MR) is 116 cm³/mol. The summed E-state index contributed by atoms with van der Waals surface area (Å²) in [5.41, 5.74) is 3.52. The molecule has 2 saturated heterocycles. The van der Waals surface area contributed by atoms with E-state index in [9.17, 15) is 9.59 Å². The Balaban J connectivity index is 1.34. The highest BCUT2D eigenvalue weighted by Gasteiger charge is 2.21. The lowest BCUT2D eigenvalue weighted by molar-refractivity contribution is -0.117. The second kappa shape index (κ2) is 8.78. The summed E-state index contributed by atoms with van der Waals surface area (Å²) in [7, 11) is 0. The lowest BCUT2D eigenvalue weighted by atomic mass is 9.99. The van der Waals surface area contributed by atoms with Crippen molar-refractivity contribution in [2.45, 2.75) is 39.2 Å². The van der Waals surface area contributed by atoms with Gasteiger partial charge in [0, 0.05) is 43.0 Å². The van der Waals surface area contributed by atoms with Crippen LogP contribution in [0.25, 0.3) is 0 Å². The highest BCUT2D eigenvalue weighted by Crippen LogP contribution is 2.23. The molecule has 0 saturated carbocycles. The Hall–Kier alpha value is -2.66. The smallest absolute Gasteiger partial charge is 0.255 e. The number of benzene rings is 2. The monoisotopic (exact) mass is 391 g/mol. The van der Waals surface area contributed by atoms with Crippen LogP contribution >= 0.6 is 0 Å². The first-order valence-electron chi connectivity index (χ1n) is 10.6. The van der Waals surface area contributed by atoms with Gasteiger partial charge in [0.25, 0.3) is 5.91 Å². The molecular weight excluding hydrogens is 362 g/mol. The van der Waals surface area contributed by atoms with Crippen molar-refractivity contribution in [2.24, 2.45) is 5.92 Å². The third-order valence-electron chi connectivity index (χ3n) is 5.87. The lowest BCUT2D eigenvalue weighted by Crippen LogP contribution is -2.33. The first-order valence-corrected chi connectivity index (χ1v) is 10.6. The molecule has 29 heavy (non-hydrogen) atoms. The number of likely N-dealkylation sites (tertiary alicyclic amines) is 1. The zero-order valence-electron chi connectivity index (χ0n) is 17.1. The van der Waals surface area contributed by atoms with Crippen LogP contribution in [0.4, 0.5) is 11.4 Å². The van der Waals surface area contributed by atoms with Crippen LogP contribution in [0.1, 0.15) is 48.5 Å². The van der Waals surface area contributed by atoms with Crippen molar-refractivity contribution >= 4 is 23.2 Å². The van der Waals surface area contributed by atoms with Gasteiger partial charge >= 0.3 is 0 Å². The fourth-order valence-electron chi connectivity index (χ4n) is 4.30. The molecule has 5 nitrogen and oxygen atoms in total. The minimum absolute atomic E-state index is 0.117. The Morgan fingerprint density at radius 1 is 1.03 bits per heavy atom. The van der Waals surface area contributed by atoms with Crippen molar-refractivity contribution in [3.8, 4) is 0 Å². The van der Waals surface area contributed by atoms with E-state index in [4.69, 9.17) is 0 Å². The van der Waals surface area contributed by atoms with Crippen molar-refractivity contribution in [1.29, 1.82) is 0 Å². The van der Waals surface area contributed by atoms with E-state index in [-0.39, 0.29) is 11.8 Å². The van der Waals surface area contributed by atoms with Gasteiger partial charge in [-0.3, -0.25) is 14.5 Å². The lowest BCUT2D eigenvalue weighted by Gasteiger charge is -2.30. The van der Waals surface area contributed by atoms with Crippen LogP contribution in [0.3, 0.4) is 0 Å². The second-order valence-electron chi connectivity index (χ2n) is 8.33. The zero-order chi connectivity index (χ0) is 20.2. The Labute approximate surface area is 172 Å². The SMILES string of the molecule is C[C@H]1CCCN(Cc2ccc(C(=O)Nc3ccc(N4CCCC4=O)cc3)cc2)C1. The van der Waals surface area contributed by atoms with Gasteiger partial charge in [0.15, 0.2) is 0 Å². The van der Waals surface area contributed by atoms with Gasteiger partial charge in [-0.2, -0.15) is 0 Å². The molecule has 4 rings (SSSR count). The molecule has 2 aliphatic rings. The van der Waals surface area contributed by atoms with E-state index in [1.54, 1.807) is 4.90 Å². The maximum atomic E-state index is 12.6. The molecule has 5 heteroatoms. The standard InChI is InChI=1S/C24H29N3O2/c1-18-4-2-14-26(16-18)17-19-6-8-20(9-7-19)24(29)25-21-10-12-22(13-11-21)27-15-3-5-23(27)28/h6-13,18H,2-5,14-17H2,1H3,(H,25,29)/t18-/m0/s1. The van der Waals surface area contributed by atoms with Crippen molar-refractivity contribution in [2.75, 3.05) is 29.9 Å². The number of piperidine rings is 1. The molecule has 2 aromatic carbocycles. The first kappa shape index (κ1) is 19.6. The number of nitrogens with zero attached hydrogens (tertiary/aromatic N) is 2. The molecule has 2 amide bonds. The van der Waals surface area contributed by atoms with Gasteiger partial charge in [-0.25, -0.2) is 0 Å². The third kappa shape index (κ3) is 4.85. The van der Waals surface area contributed by atoms with Gasteiger partial charge < -0.3 is 10.2 Å². The summed E-state index contributed by atoms with van der Waals surface area (Å²) in [5.74, 6) is 0.817. The topological polar surface area (TPSA) is 52.7 Å². The van der Waals surface area contributed by atoms with E-state index < -0.39 is 0 Å². The highest BCUT2D eigenvalue weighted by atomic mass is 16.2. The predicted octanol–water partition coefficient (Wildman–Crippen LogP) is 4.30. The summed E-state index contributed by atoms with van der Waals surface area (Å²) in [6.07, 6.45) is 4.12. The van der Waals surface area contributed by atoms with Crippen molar-refractivity contribution < 1.29 is 9.59 Å². The van der Waals surface area contributed by atoms with Gasteiger partial charge in [-0.1, -0.05) is 19.1 Å². The van der Waals surface area contributed by atoms with E-state index in [2.05, 4.69) is 29.3 Å². The number of rotatable bonds is 5. The molecule has 152 valence electrons. The van der Waals surface area contributed by atoms with Crippen molar-refractivity contribution in [3.63, 3.8) is 0 Å². The van der Waals surface area contributed by atoms with Crippen LogP contribution < -0.4 is 10.2 Å². The molecule has 2 heterocycles. The molecule has 0 aromatic heterocycles. The first-order chi connectivity index (χ1) is 14.1. The molecule has 2 fully saturated rings. The van der Waals surface area contributed by atoms with Gasteiger partial charge in [0.05, 0.1) is 0 Å². The van der Waals surface area contributed by atoms with Gasteiger partial charge in [-0.05, 0) is 73.7 Å². The molecular formula is C24H29N3O2. The van der Waals surface area contributed by atoms with Crippen LogP contribution in [0.5, 0.6) is 0 Å². The summed E-state index contributed by atoms with van der Waals surface area (Å²) >= 11 is 0. The molecule has 2 aromatic rings. The molecule has 0 spiro atoms. The summed E-state index contributed by atoms with van der Waals surface area (Å²) in [4.78, 5) is 28.7. The van der Waals surface area contributed by atoms with E-state index in [0.29, 0.717) is 12.0 Å². The maximum absolute atomic E-state index is 12.6. The summed E-state index contributed by atoms with van der Waals surface area (Å²) in [6.45, 7) is 6.35. The van der Waals surface area contributed by atoms with E-state index in [1.165, 1.54) is 18.4 Å². The molecule has 0 bridgehead atoms. The number of carbonyl (C=O) groups is 2. The second-order valence-corrected chi connectivity index (χ2v) is 8.33. The summed E-state index contributed by atoms with van der Waals surface area (Å²) in [6, 6.07) is 15.4. The number of hydrogen-bond donors (Lipinski definition) is 1. The Morgan fingerprint density at radius 3 is 2.45 bits per heavy atom. The average molecular weight is 392 g/mol. The largest absolute Gasteiger partial charge is 0.322 e. The number of hydrogen-bond acceptors (Lipinski definition) is 3. The van der Waals surface area contributed by atoms with Crippen LogP contribution in [0, 0.1) is 5.92 Å². The Kier molecular flexibility index (Phi) is 5.95. The Bertz CT molecular complexity index is 861. The fraction of sp³-hybridized carbons (Fsp3) is 0.417. The van der Waals surface area contributed by atoms with Crippen LogP contribution in [-0.4, -0.2) is 36.3 Å². The molecule has 1 N–H and O–H groups in total. The van der Waals surface area contributed by atoms with Gasteiger partial charge in [0.1, 0.15) is 0 Å².